The molecule has 1 saturated carbocycles. The SMILES string of the molecule is Cc1cc(F)cc(NCCC(=O)NC2CC2)c1. The molecule has 4 heteroatoms. The first kappa shape index (κ1) is 11.9. The number of anilines is 1. The minimum Gasteiger partial charge on any atom is -0.384 e. The molecule has 17 heavy (non-hydrogen) atoms. The lowest BCUT2D eigenvalue weighted by Gasteiger charge is -2.07. The molecule has 0 heterocycles. The molecule has 1 aliphatic carbocycles. The highest BCUT2D eigenvalue weighted by Crippen LogP contribution is 2.18. The Morgan fingerprint density at radius 3 is 2.82 bits per heavy atom. The Morgan fingerprint density at radius 1 is 1.41 bits per heavy atom. The van der Waals surface area contributed by atoms with Gasteiger partial charge in [0.2, 0.25) is 5.91 Å². The van der Waals surface area contributed by atoms with E-state index in [1.54, 1.807) is 0 Å². The fourth-order valence-corrected chi connectivity index (χ4v) is 1.69. The van der Waals surface area contributed by atoms with Crippen molar-refractivity contribution in [3.8, 4) is 0 Å². The van der Waals surface area contributed by atoms with Gasteiger partial charge >= 0.3 is 0 Å². The van der Waals surface area contributed by atoms with Crippen molar-refractivity contribution in [3.05, 3.63) is 29.6 Å². The number of hydrogen-bond acceptors (Lipinski definition) is 2. The summed E-state index contributed by atoms with van der Waals surface area (Å²) < 4.78 is 13.1. The molecule has 2 N–H and O–H groups in total. The average molecular weight is 236 g/mol. The molecule has 1 aromatic carbocycles. The van der Waals surface area contributed by atoms with Gasteiger partial charge in [0.1, 0.15) is 5.82 Å². The number of rotatable bonds is 5. The lowest BCUT2D eigenvalue weighted by molar-refractivity contribution is -0.120. The van der Waals surface area contributed by atoms with Crippen LogP contribution in [-0.4, -0.2) is 18.5 Å². The van der Waals surface area contributed by atoms with Crippen molar-refractivity contribution in [3.63, 3.8) is 0 Å². The van der Waals surface area contributed by atoms with Crippen LogP contribution in [0.1, 0.15) is 24.8 Å². The van der Waals surface area contributed by atoms with E-state index in [9.17, 15) is 9.18 Å². The van der Waals surface area contributed by atoms with E-state index in [-0.39, 0.29) is 11.7 Å². The molecular weight excluding hydrogens is 219 g/mol. The number of nitrogens with one attached hydrogen (secondary N) is 2. The molecule has 2 rings (SSSR count). The van der Waals surface area contributed by atoms with Gasteiger partial charge in [0, 0.05) is 24.7 Å². The van der Waals surface area contributed by atoms with E-state index in [2.05, 4.69) is 10.6 Å². The van der Waals surface area contributed by atoms with Crippen molar-refractivity contribution >= 4 is 11.6 Å². The second-order valence-electron chi connectivity index (χ2n) is 4.54. The van der Waals surface area contributed by atoms with Gasteiger partial charge < -0.3 is 10.6 Å². The smallest absolute Gasteiger partial charge is 0.221 e. The predicted molar refractivity (Wildman–Crippen MR) is 65.4 cm³/mol. The van der Waals surface area contributed by atoms with E-state index >= 15 is 0 Å². The van der Waals surface area contributed by atoms with Crippen molar-refractivity contribution in [1.82, 2.24) is 5.32 Å². The molecule has 1 fully saturated rings. The Kier molecular flexibility index (Phi) is 3.61. The summed E-state index contributed by atoms with van der Waals surface area (Å²) in [6.45, 7) is 2.37. The summed E-state index contributed by atoms with van der Waals surface area (Å²) in [6.07, 6.45) is 2.62. The molecular formula is C13H17FN2O. The highest BCUT2D eigenvalue weighted by atomic mass is 19.1. The second-order valence-corrected chi connectivity index (χ2v) is 4.54. The van der Waals surface area contributed by atoms with E-state index in [4.69, 9.17) is 0 Å². The van der Waals surface area contributed by atoms with Crippen LogP contribution in [0.25, 0.3) is 0 Å². The molecule has 1 aromatic rings. The van der Waals surface area contributed by atoms with Gasteiger partial charge in [-0.1, -0.05) is 0 Å². The third-order valence-electron chi connectivity index (χ3n) is 2.67. The molecule has 92 valence electrons. The zero-order valence-corrected chi connectivity index (χ0v) is 9.92. The quantitative estimate of drug-likeness (QED) is 0.823. The zero-order valence-electron chi connectivity index (χ0n) is 9.92. The molecule has 0 aliphatic heterocycles. The summed E-state index contributed by atoms with van der Waals surface area (Å²) in [6, 6.07) is 5.18. The molecule has 0 aromatic heterocycles. The molecule has 0 atom stereocenters. The van der Waals surface area contributed by atoms with E-state index in [0.717, 1.165) is 24.1 Å². The van der Waals surface area contributed by atoms with Gasteiger partial charge in [-0.3, -0.25) is 4.79 Å². The number of carbonyl (C=O) groups excluding carboxylic acids is 1. The van der Waals surface area contributed by atoms with Crippen LogP contribution in [0.15, 0.2) is 18.2 Å². The lowest BCUT2D eigenvalue weighted by Crippen LogP contribution is -2.27. The molecule has 0 radical (unpaired) electrons. The molecule has 0 bridgehead atoms. The average Bonchev–Trinajstić information content (AvgIpc) is 3.00. The monoisotopic (exact) mass is 236 g/mol. The van der Waals surface area contributed by atoms with Crippen molar-refractivity contribution < 1.29 is 9.18 Å². The van der Waals surface area contributed by atoms with Gasteiger partial charge in [-0.15, -0.1) is 0 Å². The summed E-state index contributed by atoms with van der Waals surface area (Å²) in [5.74, 6) is -0.192. The van der Waals surface area contributed by atoms with Crippen LogP contribution >= 0.6 is 0 Å². The van der Waals surface area contributed by atoms with Gasteiger partial charge in [0.05, 0.1) is 0 Å². The summed E-state index contributed by atoms with van der Waals surface area (Å²) in [4.78, 5) is 11.4. The maximum Gasteiger partial charge on any atom is 0.221 e. The molecule has 1 aliphatic rings. The summed E-state index contributed by atoms with van der Waals surface area (Å²) in [7, 11) is 0. The van der Waals surface area contributed by atoms with E-state index < -0.39 is 0 Å². The van der Waals surface area contributed by atoms with Crippen LogP contribution in [0.4, 0.5) is 10.1 Å². The van der Waals surface area contributed by atoms with E-state index in [1.165, 1.54) is 12.1 Å². The molecule has 1 amide bonds. The van der Waals surface area contributed by atoms with Crippen LogP contribution in [0, 0.1) is 12.7 Å². The zero-order chi connectivity index (χ0) is 12.3. The largest absolute Gasteiger partial charge is 0.384 e. The van der Waals surface area contributed by atoms with Crippen LogP contribution in [0.2, 0.25) is 0 Å². The van der Waals surface area contributed by atoms with Gasteiger partial charge in [-0.05, 0) is 43.5 Å². The minimum atomic E-state index is -0.255. The molecule has 0 unspecified atom stereocenters. The Balaban J connectivity index is 1.74. The highest BCUT2D eigenvalue weighted by molar-refractivity contribution is 5.77. The van der Waals surface area contributed by atoms with Gasteiger partial charge in [-0.25, -0.2) is 4.39 Å². The van der Waals surface area contributed by atoms with Crippen LogP contribution < -0.4 is 10.6 Å². The van der Waals surface area contributed by atoms with Crippen LogP contribution in [-0.2, 0) is 4.79 Å². The van der Waals surface area contributed by atoms with Crippen molar-refractivity contribution in [2.24, 2.45) is 0 Å². The maximum absolute atomic E-state index is 13.1. The third kappa shape index (κ3) is 4.06. The van der Waals surface area contributed by atoms with E-state index in [1.807, 2.05) is 13.0 Å². The highest BCUT2D eigenvalue weighted by Gasteiger charge is 2.22. The molecule has 0 saturated heterocycles. The van der Waals surface area contributed by atoms with Crippen molar-refractivity contribution in [2.45, 2.75) is 32.2 Å². The number of carbonyl (C=O) groups is 1. The first-order valence-corrected chi connectivity index (χ1v) is 5.94. The maximum atomic E-state index is 13.1. The lowest BCUT2D eigenvalue weighted by atomic mass is 10.2. The first-order valence-electron chi connectivity index (χ1n) is 5.94. The summed E-state index contributed by atoms with van der Waals surface area (Å²) >= 11 is 0. The second kappa shape index (κ2) is 5.17. The number of amides is 1. The Hall–Kier alpha value is -1.58. The third-order valence-corrected chi connectivity index (χ3v) is 2.67. The number of benzene rings is 1. The Bertz CT molecular complexity index is 396. The van der Waals surface area contributed by atoms with Gasteiger partial charge in [0.25, 0.3) is 0 Å². The number of halogens is 1. The predicted octanol–water partition coefficient (Wildman–Crippen LogP) is 2.21. The van der Waals surface area contributed by atoms with Crippen molar-refractivity contribution in [1.29, 1.82) is 0 Å². The fraction of sp³-hybridized carbons (Fsp3) is 0.462. The first-order chi connectivity index (χ1) is 8.13. The van der Waals surface area contributed by atoms with Gasteiger partial charge in [-0.2, -0.15) is 0 Å². The molecule has 3 nitrogen and oxygen atoms in total. The Morgan fingerprint density at radius 2 is 2.18 bits per heavy atom. The number of aryl methyl sites for hydroxylation is 1. The standard InChI is InChI=1S/C13H17FN2O/c1-9-6-10(14)8-12(7-9)15-5-4-13(17)16-11-2-3-11/h6-8,11,15H,2-5H2,1H3,(H,16,17). The fourth-order valence-electron chi connectivity index (χ4n) is 1.69. The Labute approximate surface area is 100 Å². The van der Waals surface area contributed by atoms with Gasteiger partial charge in [0.15, 0.2) is 0 Å². The van der Waals surface area contributed by atoms with Crippen molar-refractivity contribution in [2.75, 3.05) is 11.9 Å². The van der Waals surface area contributed by atoms with Crippen LogP contribution in [0.5, 0.6) is 0 Å². The summed E-state index contributed by atoms with van der Waals surface area (Å²) in [5, 5.41) is 5.96. The topological polar surface area (TPSA) is 41.1 Å². The summed E-state index contributed by atoms with van der Waals surface area (Å²) in [5.41, 5.74) is 1.59. The normalized spacial score (nSPS) is 14.5. The number of hydrogen-bond donors (Lipinski definition) is 2. The van der Waals surface area contributed by atoms with E-state index in [0.29, 0.717) is 19.0 Å². The minimum absolute atomic E-state index is 0.0631. The van der Waals surface area contributed by atoms with Crippen LogP contribution in [0.3, 0.4) is 0 Å². The molecule has 0 spiro atoms.